The third-order valence-corrected chi connectivity index (χ3v) is 3.37. The number of aromatic nitrogens is 1. The maximum absolute atomic E-state index is 6.20. The number of methoxy groups -OCH3 is 1. The lowest BCUT2D eigenvalue weighted by atomic mass is 10.1. The fourth-order valence-corrected chi connectivity index (χ4v) is 2.13. The zero-order chi connectivity index (χ0) is 13.7. The van der Waals surface area contributed by atoms with Crippen molar-refractivity contribution in [3.8, 4) is 5.75 Å². The molecule has 1 N–H and O–H groups in total. The van der Waals surface area contributed by atoms with Gasteiger partial charge in [0.05, 0.1) is 12.8 Å². The van der Waals surface area contributed by atoms with Crippen molar-refractivity contribution >= 4 is 11.6 Å². The summed E-state index contributed by atoms with van der Waals surface area (Å²) in [7, 11) is 1.65. The zero-order valence-electron chi connectivity index (χ0n) is 11.1. The minimum absolute atomic E-state index is 0.155. The monoisotopic (exact) mass is 276 g/mol. The number of pyridine rings is 1. The SMILES string of the molecule is COc1cccc(Cl)c1CN[C@@H](C)c1ccccn1. The molecule has 0 fully saturated rings. The van der Waals surface area contributed by atoms with Gasteiger partial charge in [0.2, 0.25) is 0 Å². The molecule has 0 unspecified atom stereocenters. The van der Waals surface area contributed by atoms with Gasteiger partial charge < -0.3 is 10.1 Å². The lowest BCUT2D eigenvalue weighted by molar-refractivity contribution is 0.406. The molecule has 0 amide bonds. The Labute approximate surface area is 118 Å². The molecule has 1 heterocycles. The van der Waals surface area contributed by atoms with Crippen LogP contribution in [0.2, 0.25) is 5.02 Å². The third kappa shape index (κ3) is 3.46. The smallest absolute Gasteiger partial charge is 0.124 e. The molecule has 2 aromatic rings. The van der Waals surface area contributed by atoms with E-state index in [9.17, 15) is 0 Å². The van der Waals surface area contributed by atoms with Crippen LogP contribution in [-0.2, 0) is 6.54 Å². The maximum atomic E-state index is 6.20. The van der Waals surface area contributed by atoms with Gasteiger partial charge in [-0.1, -0.05) is 23.7 Å². The van der Waals surface area contributed by atoms with Crippen LogP contribution in [0.3, 0.4) is 0 Å². The van der Waals surface area contributed by atoms with Gasteiger partial charge in [-0.2, -0.15) is 0 Å². The summed E-state index contributed by atoms with van der Waals surface area (Å²) in [5.74, 6) is 0.799. The molecule has 2 rings (SSSR count). The minimum Gasteiger partial charge on any atom is -0.496 e. The number of halogens is 1. The average molecular weight is 277 g/mol. The van der Waals surface area contributed by atoms with Crippen molar-refractivity contribution in [1.29, 1.82) is 0 Å². The topological polar surface area (TPSA) is 34.1 Å². The summed E-state index contributed by atoms with van der Waals surface area (Å²) in [4.78, 5) is 4.33. The molecule has 0 radical (unpaired) electrons. The fourth-order valence-electron chi connectivity index (χ4n) is 1.89. The van der Waals surface area contributed by atoms with Gasteiger partial charge in [-0.3, -0.25) is 4.98 Å². The van der Waals surface area contributed by atoms with Crippen molar-refractivity contribution in [2.24, 2.45) is 0 Å². The van der Waals surface area contributed by atoms with Crippen molar-refractivity contribution < 1.29 is 4.74 Å². The van der Waals surface area contributed by atoms with E-state index in [0.29, 0.717) is 11.6 Å². The lowest BCUT2D eigenvalue weighted by Gasteiger charge is -2.15. The molecule has 0 aliphatic rings. The van der Waals surface area contributed by atoms with E-state index in [4.69, 9.17) is 16.3 Å². The van der Waals surface area contributed by atoms with Crippen molar-refractivity contribution in [3.63, 3.8) is 0 Å². The van der Waals surface area contributed by atoms with E-state index in [1.54, 1.807) is 13.3 Å². The van der Waals surface area contributed by atoms with E-state index in [2.05, 4.69) is 17.2 Å². The number of rotatable bonds is 5. The van der Waals surface area contributed by atoms with Crippen molar-refractivity contribution in [2.45, 2.75) is 19.5 Å². The van der Waals surface area contributed by atoms with Crippen LogP contribution in [0, 0.1) is 0 Å². The minimum atomic E-state index is 0.155. The van der Waals surface area contributed by atoms with Crippen molar-refractivity contribution in [3.05, 3.63) is 58.9 Å². The number of nitrogens with one attached hydrogen (secondary N) is 1. The van der Waals surface area contributed by atoms with Crippen LogP contribution in [0.5, 0.6) is 5.75 Å². The highest BCUT2D eigenvalue weighted by Crippen LogP contribution is 2.26. The molecule has 0 bridgehead atoms. The maximum Gasteiger partial charge on any atom is 0.124 e. The lowest BCUT2D eigenvalue weighted by Crippen LogP contribution is -2.19. The van der Waals surface area contributed by atoms with E-state index in [1.165, 1.54) is 0 Å². The molecule has 0 spiro atoms. The zero-order valence-corrected chi connectivity index (χ0v) is 11.8. The summed E-state index contributed by atoms with van der Waals surface area (Å²) in [6.07, 6.45) is 1.80. The Morgan fingerprint density at radius 1 is 1.26 bits per heavy atom. The van der Waals surface area contributed by atoms with Crippen LogP contribution in [0.1, 0.15) is 24.2 Å². The highest BCUT2D eigenvalue weighted by Gasteiger charge is 2.10. The number of hydrogen-bond acceptors (Lipinski definition) is 3. The van der Waals surface area contributed by atoms with Gasteiger partial charge in [0.15, 0.2) is 0 Å². The third-order valence-electron chi connectivity index (χ3n) is 3.01. The highest BCUT2D eigenvalue weighted by molar-refractivity contribution is 6.31. The Kier molecular flexibility index (Phi) is 4.77. The van der Waals surface area contributed by atoms with Gasteiger partial charge in [0, 0.05) is 29.4 Å². The molecule has 3 nitrogen and oxygen atoms in total. The van der Waals surface area contributed by atoms with E-state index in [-0.39, 0.29) is 6.04 Å². The quantitative estimate of drug-likeness (QED) is 0.906. The predicted octanol–water partition coefficient (Wildman–Crippen LogP) is 3.59. The van der Waals surface area contributed by atoms with E-state index >= 15 is 0 Å². The van der Waals surface area contributed by atoms with Gasteiger partial charge in [0.1, 0.15) is 5.75 Å². The highest BCUT2D eigenvalue weighted by atomic mass is 35.5. The summed E-state index contributed by atoms with van der Waals surface area (Å²) in [5.41, 5.74) is 1.97. The first-order chi connectivity index (χ1) is 9.22. The second-order valence-electron chi connectivity index (χ2n) is 4.28. The van der Waals surface area contributed by atoms with Crippen LogP contribution in [-0.4, -0.2) is 12.1 Å². The number of nitrogens with zero attached hydrogens (tertiary/aromatic N) is 1. The second kappa shape index (κ2) is 6.55. The Bertz CT molecular complexity index is 531. The summed E-state index contributed by atoms with van der Waals surface area (Å²) < 4.78 is 5.32. The predicted molar refractivity (Wildman–Crippen MR) is 77.5 cm³/mol. The normalized spacial score (nSPS) is 12.2. The molecular formula is C15H17ClN2O. The van der Waals surface area contributed by atoms with Gasteiger partial charge in [-0.15, -0.1) is 0 Å². The molecule has 0 saturated heterocycles. The van der Waals surface area contributed by atoms with Gasteiger partial charge in [-0.25, -0.2) is 0 Å². The van der Waals surface area contributed by atoms with E-state index < -0.39 is 0 Å². The molecule has 0 saturated carbocycles. The standard InChI is InChI=1S/C15H17ClN2O/c1-11(14-7-3-4-9-17-14)18-10-12-13(16)6-5-8-15(12)19-2/h3-9,11,18H,10H2,1-2H3/t11-/m0/s1. The molecule has 1 atom stereocenters. The number of hydrogen-bond donors (Lipinski definition) is 1. The second-order valence-corrected chi connectivity index (χ2v) is 4.69. The first-order valence-corrected chi connectivity index (χ1v) is 6.56. The molecule has 1 aromatic heterocycles. The van der Waals surface area contributed by atoms with Crippen molar-refractivity contribution in [2.75, 3.05) is 7.11 Å². The first kappa shape index (κ1) is 13.8. The van der Waals surface area contributed by atoms with Gasteiger partial charge >= 0.3 is 0 Å². The first-order valence-electron chi connectivity index (χ1n) is 6.18. The van der Waals surface area contributed by atoms with Crippen LogP contribution in [0.4, 0.5) is 0 Å². The Hall–Kier alpha value is -1.58. The Balaban J connectivity index is 2.07. The molecule has 19 heavy (non-hydrogen) atoms. The molecule has 0 aliphatic heterocycles. The van der Waals surface area contributed by atoms with Gasteiger partial charge in [0.25, 0.3) is 0 Å². The Morgan fingerprint density at radius 2 is 2.11 bits per heavy atom. The number of benzene rings is 1. The molecular weight excluding hydrogens is 260 g/mol. The molecule has 1 aromatic carbocycles. The summed E-state index contributed by atoms with van der Waals surface area (Å²) in [5, 5.41) is 4.11. The van der Waals surface area contributed by atoms with Gasteiger partial charge in [-0.05, 0) is 31.2 Å². The van der Waals surface area contributed by atoms with E-state index in [0.717, 1.165) is 17.0 Å². The fraction of sp³-hybridized carbons (Fsp3) is 0.267. The van der Waals surface area contributed by atoms with Crippen molar-refractivity contribution in [1.82, 2.24) is 10.3 Å². The number of ether oxygens (including phenoxy) is 1. The Morgan fingerprint density at radius 3 is 2.79 bits per heavy atom. The average Bonchev–Trinajstić information content (AvgIpc) is 2.46. The molecule has 100 valence electrons. The van der Waals surface area contributed by atoms with Crippen LogP contribution >= 0.6 is 11.6 Å². The largest absolute Gasteiger partial charge is 0.496 e. The summed E-state index contributed by atoms with van der Waals surface area (Å²) in [6, 6.07) is 11.7. The van der Waals surface area contributed by atoms with E-state index in [1.807, 2.05) is 36.4 Å². The summed E-state index contributed by atoms with van der Waals surface area (Å²) >= 11 is 6.20. The molecule has 0 aliphatic carbocycles. The summed E-state index contributed by atoms with van der Waals surface area (Å²) in [6.45, 7) is 2.71. The molecule has 4 heteroatoms. The van der Waals surface area contributed by atoms with Crippen LogP contribution in [0.15, 0.2) is 42.6 Å². The van der Waals surface area contributed by atoms with Crippen LogP contribution in [0.25, 0.3) is 0 Å². The van der Waals surface area contributed by atoms with Crippen LogP contribution < -0.4 is 10.1 Å².